The third kappa shape index (κ3) is 5.62. The molecule has 25 heavy (non-hydrogen) atoms. The van der Waals surface area contributed by atoms with Gasteiger partial charge in [-0.05, 0) is 48.6 Å². The van der Waals surface area contributed by atoms with Crippen molar-refractivity contribution in [3.05, 3.63) is 59.4 Å². The number of amides is 1. The Labute approximate surface area is 154 Å². The molecule has 0 saturated carbocycles. The summed E-state index contributed by atoms with van der Waals surface area (Å²) in [6.45, 7) is 3.14. The maximum atomic E-state index is 12.5. The lowest BCUT2D eigenvalue weighted by molar-refractivity contribution is -0.121. The van der Waals surface area contributed by atoms with E-state index in [4.69, 9.17) is 16.3 Å². The Bertz CT molecular complexity index is 649. The summed E-state index contributed by atoms with van der Waals surface area (Å²) in [6.07, 6.45) is 6.60. The molecule has 1 aliphatic heterocycles. The van der Waals surface area contributed by atoms with Crippen molar-refractivity contribution in [3.8, 4) is 0 Å². The van der Waals surface area contributed by atoms with Crippen molar-refractivity contribution in [3.63, 3.8) is 0 Å². The Hall–Kier alpha value is -1.78. The number of carbonyl (C=O) groups excluding carboxylic acids is 1. The summed E-state index contributed by atoms with van der Waals surface area (Å²) >= 11 is 6.01. The SMILES string of the molecule is O=C(CC(Cn1cccc1)c1ccc(Cl)cc1)NCC1CCOCC1. The first-order chi connectivity index (χ1) is 12.2. The number of nitrogens with one attached hydrogen (secondary N) is 1. The summed E-state index contributed by atoms with van der Waals surface area (Å²) in [7, 11) is 0. The van der Waals surface area contributed by atoms with E-state index in [9.17, 15) is 4.79 Å². The first-order valence-electron chi connectivity index (χ1n) is 8.91. The molecular weight excluding hydrogens is 336 g/mol. The van der Waals surface area contributed by atoms with E-state index in [1.807, 2.05) is 48.8 Å². The Morgan fingerprint density at radius 1 is 1.20 bits per heavy atom. The lowest BCUT2D eigenvalue weighted by atomic mass is 9.94. The molecule has 0 radical (unpaired) electrons. The first kappa shape index (κ1) is 18.0. The Balaban J connectivity index is 1.60. The second kappa shape index (κ2) is 9.07. The second-order valence-corrected chi connectivity index (χ2v) is 7.13. The molecule has 0 bridgehead atoms. The lowest BCUT2D eigenvalue weighted by Gasteiger charge is -2.23. The molecule has 0 spiro atoms. The fraction of sp³-hybridized carbons (Fsp3) is 0.450. The van der Waals surface area contributed by atoms with Gasteiger partial charge < -0.3 is 14.6 Å². The van der Waals surface area contributed by atoms with Gasteiger partial charge in [-0.15, -0.1) is 0 Å². The van der Waals surface area contributed by atoms with E-state index in [0.717, 1.165) is 44.7 Å². The molecule has 134 valence electrons. The van der Waals surface area contributed by atoms with Gasteiger partial charge in [0.15, 0.2) is 0 Å². The van der Waals surface area contributed by atoms with Crippen LogP contribution in [0.3, 0.4) is 0 Å². The van der Waals surface area contributed by atoms with Crippen molar-refractivity contribution in [1.29, 1.82) is 0 Å². The summed E-state index contributed by atoms with van der Waals surface area (Å²) in [5.74, 6) is 0.772. The fourth-order valence-electron chi connectivity index (χ4n) is 3.27. The fourth-order valence-corrected chi connectivity index (χ4v) is 3.40. The standard InChI is InChI=1S/C20H25ClN2O2/c21-19-5-3-17(4-6-19)18(15-23-9-1-2-10-23)13-20(24)22-14-16-7-11-25-12-8-16/h1-6,9-10,16,18H,7-8,11-15H2,(H,22,24). The molecule has 1 amide bonds. The van der Waals surface area contributed by atoms with Gasteiger partial charge in [0.25, 0.3) is 0 Å². The van der Waals surface area contributed by atoms with E-state index in [2.05, 4.69) is 9.88 Å². The Morgan fingerprint density at radius 2 is 1.88 bits per heavy atom. The van der Waals surface area contributed by atoms with Crippen molar-refractivity contribution < 1.29 is 9.53 Å². The highest BCUT2D eigenvalue weighted by Gasteiger charge is 2.19. The molecule has 1 unspecified atom stereocenters. The molecule has 1 aliphatic rings. The van der Waals surface area contributed by atoms with Crippen LogP contribution in [0.2, 0.25) is 5.02 Å². The Kier molecular flexibility index (Phi) is 6.54. The quantitative estimate of drug-likeness (QED) is 0.814. The van der Waals surface area contributed by atoms with Crippen LogP contribution in [0.25, 0.3) is 0 Å². The van der Waals surface area contributed by atoms with E-state index in [-0.39, 0.29) is 11.8 Å². The maximum absolute atomic E-state index is 12.5. The van der Waals surface area contributed by atoms with Crippen LogP contribution in [0.5, 0.6) is 0 Å². The molecule has 2 aromatic rings. The highest BCUT2D eigenvalue weighted by Crippen LogP contribution is 2.24. The minimum absolute atomic E-state index is 0.110. The van der Waals surface area contributed by atoms with Gasteiger partial charge in [-0.2, -0.15) is 0 Å². The van der Waals surface area contributed by atoms with Gasteiger partial charge in [-0.25, -0.2) is 0 Å². The normalized spacial score (nSPS) is 16.5. The summed E-state index contributed by atoms with van der Waals surface area (Å²) in [4.78, 5) is 12.5. The molecule has 5 heteroatoms. The van der Waals surface area contributed by atoms with Crippen LogP contribution in [-0.2, 0) is 16.1 Å². The van der Waals surface area contributed by atoms with Gasteiger partial charge in [0, 0.05) is 56.1 Å². The molecule has 1 N–H and O–H groups in total. The summed E-state index contributed by atoms with van der Waals surface area (Å²) < 4.78 is 7.49. The predicted molar refractivity (Wildman–Crippen MR) is 99.8 cm³/mol. The van der Waals surface area contributed by atoms with Crippen molar-refractivity contribution in [2.45, 2.75) is 31.7 Å². The lowest BCUT2D eigenvalue weighted by Crippen LogP contribution is -2.33. The van der Waals surface area contributed by atoms with Crippen LogP contribution in [0, 0.1) is 5.92 Å². The molecular formula is C20H25ClN2O2. The van der Waals surface area contributed by atoms with Crippen molar-refractivity contribution in [2.75, 3.05) is 19.8 Å². The van der Waals surface area contributed by atoms with Crippen molar-refractivity contribution in [2.24, 2.45) is 5.92 Å². The van der Waals surface area contributed by atoms with E-state index in [1.54, 1.807) is 0 Å². The van der Waals surface area contributed by atoms with E-state index in [0.29, 0.717) is 17.4 Å². The van der Waals surface area contributed by atoms with Crippen molar-refractivity contribution >= 4 is 17.5 Å². The predicted octanol–water partition coefficient (Wildman–Crippen LogP) is 3.86. The highest BCUT2D eigenvalue weighted by molar-refractivity contribution is 6.30. The molecule has 1 saturated heterocycles. The third-order valence-corrected chi connectivity index (χ3v) is 5.05. The van der Waals surface area contributed by atoms with Gasteiger partial charge >= 0.3 is 0 Å². The second-order valence-electron chi connectivity index (χ2n) is 6.69. The van der Waals surface area contributed by atoms with Gasteiger partial charge in [-0.3, -0.25) is 4.79 Å². The van der Waals surface area contributed by atoms with Gasteiger partial charge in [0.1, 0.15) is 0 Å². The minimum atomic E-state index is 0.110. The smallest absolute Gasteiger partial charge is 0.220 e. The number of hydrogen-bond donors (Lipinski definition) is 1. The molecule has 4 nitrogen and oxygen atoms in total. The summed E-state index contributed by atoms with van der Waals surface area (Å²) in [6, 6.07) is 11.8. The van der Waals surface area contributed by atoms with Gasteiger partial charge in [-0.1, -0.05) is 23.7 Å². The zero-order valence-corrected chi connectivity index (χ0v) is 15.1. The number of hydrogen-bond acceptors (Lipinski definition) is 2. The summed E-state index contributed by atoms with van der Waals surface area (Å²) in [5.41, 5.74) is 1.14. The molecule has 1 aromatic carbocycles. The third-order valence-electron chi connectivity index (χ3n) is 4.80. The van der Waals surface area contributed by atoms with E-state index < -0.39 is 0 Å². The number of rotatable bonds is 7. The van der Waals surface area contributed by atoms with Crippen LogP contribution in [0.4, 0.5) is 0 Å². The monoisotopic (exact) mass is 360 g/mol. The number of halogens is 1. The zero-order chi connectivity index (χ0) is 17.5. The van der Waals surface area contributed by atoms with Crippen LogP contribution in [0.15, 0.2) is 48.8 Å². The van der Waals surface area contributed by atoms with Gasteiger partial charge in [0.05, 0.1) is 0 Å². The number of nitrogens with zero attached hydrogens (tertiary/aromatic N) is 1. The van der Waals surface area contributed by atoms with E-state index in [1.165, 1.54) is 0 Å². The van der Waals surface area contributed by atoms with Gasteiger partial charge in [0.2, 0.25) is 5.91 Å². The molecule has 1 atom stereocenters. The molecule has 1 fully saturated rings. The van der Waals surface area contributed by atoms with E-state index >= 15 is 0 Å². The maximum Gasteiger partial charge on any atom is 0.220 e. The van der Waals surface area contributed by atoms with Crippen LogP contribution >= 0.6 is 11.6 Å². The van der Waals surface area contributed by atoms with Crippen molar-refractivity contribution in [1.82, 2.24) is 9.88 Å². The van der Waals surface area contributed by atoms with Crippen LogP contribution in [-0.4, -0.2) is 30.2 Å². The average Bonchev–Trinajstić information content (AvgIpc) is 3.14. The average molecular weight is 361 g/mol. The summed E-state index contributed by atoms with van der Waals surface area (Å²) in [5, 5.41) is 3.83. The molecule has 1 aromatic heterocycles. The molecule has 2 heterocycles. The molecule has 3 rings (SSSR count). The largest absolute Gasteiger partial charge is 0.381 e. The number of aromatic nitrogens is 1. The highest BCUT2D eigenvalue weighted by atomic mass is 35.5. The van der Waals surface area contributed by atoms with Crippen LogP contribution in [0.1, 0.15) is 30.7 Å². The Morgan fingerprint density at radius 3 is 2.56 bits per heavy atom. The molecule has 0 aliphatic carbocycles. The van der Waals surface area contributed by atoms with Crippen LogP contribution < -0.4 is 5.32 Å². The first-order valence-corrected chi connectivity index (χ1v) is 9.29. The zero-order valence-electron chi connectivity index (χ0n) is 14.4. The number of carbonyl (C=O) groups is 1. The number of ether oxygens (including phenoxy) is 1. The number of benzene rings is 1. The minimum Gasteiger partial charge on any atom is -0.381 e. The topological polar surface area (TPSA) is 43.3 Å².